The fraction of sp³-hybridized carbons (Fsp3) is 0.333. The van der Waals surface area contributed by atoms with Gasteiger partial charge < -0.3 is 9.72 Å². The van der Waals surface area contributed by atoms with E-state index >= 15 is 0 Å². The minimum atomic E-state index is -0.151. The number of methoxy groups -OCH3 is 1. The van der Waals surface area contributed by atoms with Crippen molar-refractivity contribution in [3.05, 3.63) is 63.9 Å². The zero-order valence-electron chi connectivity index (χ0n) is 17.2. The van der Waals surface area contributed by atoms with Crippen molar-refractivity contribution in [1.29, 1.82) is 0 Å². The summed E-state index contributed by atoms with van der Waals surface area (Å²) in [6.45, 7) is 8.03. The summed E-state index contributed by atoms with van der Waals surface area (Å²) in [4.78, 5) is 28.3. The van der Waals surface area contributed by atoms with Gasteiger partial charge in [0.05, 0.1) is 23.9 Å². The minimum Gasteiger partial charge on any atom is -0.496 e. The van der Waals surface area contributed by atoms with Gasteiger partial charge >= 0.3 is 0 Å². The topological polar surface area (TPSA) is 59.2 Å². The fourth-order valence-electron chi connectivity index (χ4n) is 3.61. The summed E-state index contributed by atoms with van der Waals surface area (Å²) in [5.74, 6) is 0.510. The maximum atomic E-state index is 12.7. The molecule has 0 bridgehead atoms. The van der Waals surface area contributed by atoms with Gasteiger partial charge in [0.2, 0.25) is 5.78 Å². The van der Waals surface area contributed by atoms with E-state index in [0.717, 1.165) is 35.1 Å². The summed E-state index contributed by atoms with van der Waals surface area (Å²) in [6, 6.07) is 3.74. The quantitative estimate of drug-likeness (QED) is 0.653. The van der Waals surface area contributed by atoms with Crippen LogP contribution >= 0.6 is 0 Å². The van der Waals surface area contributed by atoms with Crippen molar-refractivity contribution in [1.82, 2.24) is 4.98 Å². The molecule has 0 spiro atoms. The van der Waals surface area contributed by atoms with Crippen LogP contribution < -0.4 is 4.74 Å². The predicted octanol–water partition coefficient (Wildman–Crippen LogP) is 5.74. The molecule has 1 aromatic carbocycles. The van der Waals surface area contributed by atoms with Gasteiger partial charge in [-0.2, -0.15) is 0 Å². The largest absolute Gasteiger partial charge is 0.496 e. The first-order chi connectivity index (χ1) is 13.3. The third kappa shape index (κ3) is 3.72. The Morgan fingerprint density at radius 1 is 1.14 bits per heavy atom. The van der Waals surface area contributed by atoms with Crippen LogP contribution in [0.2, 0.25) is 0 Å². The molecule has 2 aromatic rings. The van der Waals surface area contributed by atoms with Gasteiger partial charge in [-0.15, -0.1) is 0 Å². The summed E-state index contributed by atoms with van der Waals surface area (Å²) in [5, 5.41) is 0.784. The standard InChI is InChI=1S/C24H27NO3/c1-14(2)7-6-8-15(3)9-10-17-20(28-5)12-11-18-21-23(25-22(17)18)19(26)13-16(4)24(21)27/h7,9,11-13,25H,6,8,10H2,1-5H3. The number of ketones is 2. The van der Waals surface area contributed by atoms with Crippen LogP contribution in [0.25, 0.3) is 10.9 Å². The molecule has 3 rings (SSSR count). The van der Waals surface area contributed by atoms with Crippen molar-refractivity contribution in [3.63, 3.8) is 0 Å². The van der Waals surface area contributed by atoms with E-state index in [-0.39, 0.29) is 11.6 Å². The number of ether oxygens (including phenoxy) is 1. The lowest BCUT2D eigenvalue weighted by Gasteiger charge is -2.10. The molecule has 0 saturated heterocycles. The fourth-order valence-corrected chi connectivity index (χ4v) is 3.61. The number of aromatic amines is 1. The molecule has 0 saturated carbocycles. The Kier molecular flexibility index (Phi) is 5.68. The van der Waals surface area contributed by atoms with Gasteiger partial charge in [-0.05, 0) is 65.2 Å². The van der Waals surface area contributed by atoms with E-state index in [4.69, 9.17) is 4.74 Å². The predicted molar refractivity (Wildman–Crippen MR) is 113 cm³/mol. The molecule has 0 aliphatic heterocycles. The maximum Gasteiger partial charge on any atom is 0.203 e. The zero-order chi connectivity index (χ0) is 20.4. The smallest absolute Gasteiger partial charge is 0.203 e. The number of rotatable bonds is 6. The summed E-state index contributed by atoms with van der Waals surface area (Å²) in [6.07, 6.45) is 8.55. The van der Waals surface area contributed by atoms with Crippen LogP contribution in [0.1, 0.15) is 66.9 Å². The highest BCUT2D eigenvalue weighted by atomic mass is 16.5. The molecule has 1 N–H and O–H groups in total. The third-order valence-electron chi connectivity index (χ3n) is 5.18. The Morgan fingerprint density at radius 3 is 2.57 bits per heavy atom. The van der Waals surface area contributed by atoms with Gasteiger partial charge in [0.15, 0.2) is 5.78 Å². The summed E-state index contributed by atoms with van der Waals surface area (Å²) < 4.78 is 5.56. The first-order valence-electron chi connectivity index (χ1n) is 9.61. The summed E-state index contributed by atoms with van der Waals surface area (Å²) >= 11 is 0. The molecule has 4 heteroatoms. The van der Waals surface area contributed by atoms with Crippen LogP contribution in [0.4, 0.5) is 0 Å². The lowest BCUT2D eigenvalue weighted by Crippen LogP contribution is -2.14. The first-order valence-corrected chi connectivity index (χ1v) is 9.61. The van der Waals surface area contributed by atoms with Crippen molar-refractivity contribution in [2.75, 3.05) is 7.11 Å². The van der Waals surface area contributed by atoms with E-state index in [1.165, 1.54) is 17.2 Å². The Bertz CT molecular complexity index is 1040. The van der Waals surface area contributed by atoms with Gasteiger partial charge in [-0.1, -0.05) is 23.3 Å². The number of hydrogen-bond acceptors (Lipinski definition) is 3. The van der Waals surface area contributed by atoms with E-state index in [9.17, 15) is 9.59 Å². The Labute approximate surface area is 166 Å². The molecule has 4 nitrogen and oxygen atoms in total. The lowest BCUT2D eigenvalue weighted by molar-refractivity contribution is 0.0983. The van der Waals surface area contributed by atoms with Gasteiger partial charge in [-0.25, -0.2) is 0 Å². The van der Waals surface area contributed by atoms with E-state index in [0.29, 0.717) is 23.3 Å². The number of hydrogen-bond donors (Lipinski definition) is 1. The van der Waals surface area contributed by atoms with Crippen LogP contribution in [0.3, 0.4) is 0 Å². The highest BCUT2D eigenvalue weighted by Crippen LogP contribution is 2.35. The van der Waals surface area contributed by atoms with Crippen molar-refractivity contribution in [3.8, 4) is 5.75 Å². The van der Waals surface area contributed by atoms with Crippen LogP contribution in [0, 0.1) is 0 Å². The average Bonchev–Trinajstić information content (AvgIpc) is 3.04. The number of carbonyl (C=O) groups is 2. The monoisotopic (exact) mass is 377 g/mol. The number of benzene rings is 1. The number of Topliss-reactive ketones (excluding diaryl/α,β-unsaturated/α-hetero) is 1. The molecular weight excluding hydrogens is 350 g/mol. The number of carbonyl (C=O) groups excluding carboxylic acids is 2. The molecule has 1 aliphatic rings. The van der Waals surface area contributed by atoms with Crippen molar-refractivity contribution < 1.29 is 14.3 Å². The molecule has 0 atom stereocenters. The Balaban J connectivity index is 2.02. The van der Waals surface area contributed by atoms with Crippen LogP contribution in [0.15, 0.2) is 47.1 Å². The number of nitrogens with one attached hydrogen (secondary N) is 1. The number of aromatic nitrogens is 1. The molecule has 146 valence electrons. The van der Waals surface area contributed by atoms with Crippen molar-refractivity contribution in [2.24, 2.45) is 0 Å². The average molecular weight is 377 g/mol. The second-order valence-electron chi connectivity index (χ2n) is 7.64. The molecule has 0 radical (unpaired) electrons. The van der Waals surface area contributed by atoms with E-state index < -0.39 is 0 Å². The van der Waals surface area contributed by atoms with Gasteiger partial charge in [-0.3, -0.25) is 9.59 Å². The number of fused-ring (bicyclic) bond motifs is 3. The highest BCUT2D eigenvalue weighted by Gasteiger charge is 2.29. The molecule has 28 heavy (non-hydrogen) atoms. The number of allylic oxidation sites excluding steroid dienone is 6. The van der Waals surface area contributed by atoms with E-state index in [1.54, 1.807) is 14.0 Å². The molecule has 0 unspecified atom stereocenters. The van der Waals surface area contributed by atoms with Crippen molar-refractivity contribution >= 4 is 22.5 Å². The normalized spacial score (nSPS) is 14.2. The summed E-state index contributed by atoms with van der Waals surface area (Å²) in [7, 11) is 1.64. The highest BCUT2D eigenvalue weighted by molar-refractivity contribution is 6.29. The molecule has 0 amide bonds. The van der Waals surface area contributed by atoms with Gasteiger partial charge in [0.25, 0.3) is 0 Å². The van der Waals surface area contributed by atoms with Crippen molar-refractivity contribution in [2.45, 2.75) is 47.0 Å². The third-order valence-corrected chi connectivity index (χ3v) is 5.18. The number of H-pyrrole nitrogens is 1. The van der Waals surface area contributed by atoms with Crippen LogP contribution in [-0.4, -0.2) is 23.7 Å². The summed E-state index contributed by atoms with van der Waals surface area (Å²) in [5.41, 5.74) is 5.74. The van der Waals surface area contributed by atoms with Gasteiger partial charge in [0, 0.05) is 16.5 Å². The first kappa shape index (κ1) is 19.9. The second kappa shape index (κ2) is 8.01. The Hall–Kier alpha value is -2.88. The van der Waals surface area contributed by atoms with E-state index in [2.05, 4.69) is 37.9 Å². The minimum absolute atomic E-state index is 0.0922. The molecule has 1 aromatic heterocycles. The molecular formula is C24H27NO3. The zero-order valence-corrected chi connectivity index (χ0v) is 17.2. The van der Waals surface area contributed by atoms with Gasteiger partial charge in [0.1, 0.15) is 5.75 Å². The van der Waals surface area contributed by atoms with Crippen LogP contribution in [0.5, 0.6) is 5.75 Å². The molecule has 1 aliphatic carbocycles. The van der Waals surface area contributed by atoms with E-state index in [1.807, 2.05) is 12.1 Å². The SMILES string of the molecule is COc1ccc2c3c([nH]c2c1CC=C(C)CCC=C(C)C)C(=O)C=C(C)C3=O. The van der Waals surface area contributed by atoms with Crippen LogP contribution in [-0.2, 0) is 6.42 Å². The second-order valence-corrected chi connectivity index (χ2v) is 7.64. The maximum absolute atomic E-state index is 12.7. The lowest BCUT2D eigenvalue weighted by atomic mass is 9.93. The molecule has 1 heterocycles. The Morgan fingerprint density at radius 2 is 1.89 bits per heavy atom. The molecule has 0 fully saturated rings.